The molecular weight excluding hydrogens is 302 g/mol. The Balaban J connectivity index is 2.94. The average molecular weight is 319 g/mol. The van der Waals surface area contributed by atoms with Crippen LogP contribution in [0, 0.1) is 11.3 Å². The Morgan fingerprint density at radius 1 is 1.59 bits per heavy atom. The van der Waals surface area contributed by atoms with Crippen LogP contribution in [-0.2, 0) is 9.53 Å². The quantitative estimate of drug-likeness (QED) is 0.469. The predicted octanol–water partition coefficient (Wildman–Crippen LogP) is 1.91. The number of pyridine rings is 1. The molecule has 0 saturated carbocycles. The van der Waals surface area contributed by atoms with Gasteiger partial charge in [0, 0.05) is 6.54 Å². The molecule has 22 heavy (non-hydrogen) atoms. The van der Waals surface area contributed by atoms with E-state index < -0.39 is 11.2 Å². The van der Waals surface area contributed by atoms with E-state index in [1.807, 2.05) is 6.07 Å². The molecule has 1 aromatic rings. The topological polar surface area (TPSA) is 92.1 Å². The van der Waals surface area contributed by atoms with Crippen LogP contribution < -0.4 is 5.32 Å². The number of rotatable bonds is 7. The van der Waals surface area contributed by atoms with Gasteiger partial charge in [0.1, 0.15) is 16.8 Å². The Labute approximate surface area is 133 Å². The lowest BCUT2D eigenvalue weighted by Gasteiger charge is -2.12. The maximum Gasteiger partial charge on any atom is 0.356 e. The van der Waals surface area contributed by atoms with E-state index in [0.717, 1.165) is 11.8 Å². The molecule has 0 fully saturated rings. The molecule has 1 N–H and O–H groups in total. The molecule has 0 aliphatic heterocycles. The molecule has 1 amide bonds. The fraction of sp³-hybridized carbons (Fsp3) is 0.333. The largest absolute Gasteiger partial charge is 0.461 e. The van der Waals surface area contributed by atoms with Crippen molar-refractivity contribution in [2.24, 2.45) is 0 Å². The number of carbonyl (C=O) groups excluding carboxylic acids is 2. The van der Waals surface area contributed by atoms with E-state index in [-0.39, 0.29) is 18.2 Å². The molecule has 0 aliphatic rings. The molecular formula is C15H17N3O3S. The summed E-state index contributed by atoms with van der Waals surface area (Å²) in [5, 5.41) is 11.6. The van der Waals surface area contributed by atoms with Crippen molar-refractivity contribution in [2.75, 3.05) is 13.2 Å². The van der Waals surface area contributed by atoms with Gasteiger partial charge in [-0.3, -0.25) is 4.79 Å². The smallest absolute Gasteiger partial charge is 0.356 e. The Bertz CT molecular complexity index is 611. The number of hydrogen-bond acceptors (Lipinski definition) is 6. The highest BCUT2D eigenvalue weighted by atomic mass is 32.2. The summed E-state index contributed by atoms with van der Waals surface area (Å²) in [6.07, 6.45) is 1.58. The third-order valence-corrected chi connectivity index (χ3v) is 3.65. The summed E-state index contributed by atoms with van der Waals surface area (Å²) >= 11 is 1.12. The predicted molar refractivity (Wildman–Crippen MR) is 83.4 cm³/mol. The first-order chi connectivity index (χ1) is 10.5. The highest BCUT2D eigenvalue weighted by Crippen LogP contribution is 2.25. The first-order valence-electron chi connectivity index (χ1n) is 6.67. The third kappa shape index (κ3) is 4.90. The normalized spacial score (nSPS) is 11.1. The van der Waals surface area contributed by atoms with Crippen molar-refractivity contribution in [3.63, 3.8) is 0 Å². The van der Waals surface area contributed by atoms with E-state index in [2.05, 4.69) is 16.9 Å². The van der Waals surface area contributed by atoms with Crippen molar-refractivity contribution in [2.45, 2.75) is 24.1 Å². The van der Waals surface area contributed by atoms with Crippen molar-refractivity contribution in [1.82, 2.24) is 10.3 Å². The Morgan fingerprint density at radius 2 is 2.32 bits per heavy atom. The second kappa shape index (κ2) is 8.85. The second-order valence-corrected chi connectivity index (χ2v) is 5.50. The van der Waals surface area contributed by atoms with Crippen molar-refractivity contribution in [1.29, 1.82) is 5.26 Å². The number of esters is 1. The van der Waals surface area contributed by atoms with Crippen LogP contribution >= 0.6 is 11.8 Å². The minimum absolute atomic E-state index is 0.113. The van der Waals surface area contributed by atoms with Crippen molar-refractivity contribution < 1.29 is 14.3 Å². The first-order valence-corrected chi connectivity index (χ1v) is 7.55. The molecule has 0 aromatic carbocycles. The van der Waals surface area contributed by atoms with E-state index in [1.54, 1.807) is 19.9 Å². The number of nitrogens with one attached hydrogen (secondary N) is 1. The fourth-order valence-corrected chi connectivity index (χ4v) is 2.39. The summed E-state index contributed by atoms with van der Waals surface area (Å²) in [4.78, 5) is 27.7. The van der Waals surface area contributed by atoms with E-state index >= 15 is 0 Å². The fourth-order valence-electron chi connectivity index (χ4n) is 1.47. The molecule has 0 saturated heterocycles. The van der Waals surface area contributed by atoms with Crippen LogP contribution in [0.4, 0.5) is 0 Å². The lowest BCUT2D eigenvalue weighted by atomic mass is 10.2. The molecule has 7 heteroatoms. The summed E-state index contributed by atoms with van der Waals surface area (Å²) in [6, 6.07) is 4.93. The number of hydrogen-bond donors (Lipinski definition) is 1. The maximum absolute atomic E-state index is 11.8. The van der Waals surface area contributed by atoms with Gasteiger partial charge in [-0.1, -0.05) is 17.8 Å². The summed E-state index contributed by atoms with van der Waals surface area (Å²) < 4.78 is 4.88. The van der Waals surface area contributed by atoms with Gasteiger partial charge in [-0.15, -0.1) is 6.58 Å². The van der Waals surface area contributed by atoms with E-state index in [0.29, 0.717) is 17.1 Å². The van der Waals surface area contributed by atoms with Crippen LogP contribution in [-0.4, -0.2) is 35.3 Å². The van der Waals surface area contributed by atoms with Crippen LogP contribution in [0.5, 0.6) is 0 Å². The number of aromatic nitrogens is 1. The van der Waals surface area contributed by atoms with Gasteiger partial charge in [0.05, 0.1) is 17.4 Å². The standard InChI is InChI=1S/C15H17N3O3S/c1-4-8-17-13(19)10(3)22-14-11(9-16)6-7-12(18-14)15(20)21-5-2/h4,6-7,10H,1,5,8H2,2-3H3,(H,17,19). The molecule has 1 unspecified atom stereocenters. The number of nitrogens with zero attached hydrogens (tertiary/aromatic N) is 2. The van der Waals surface area contributed by atoms with Gasteiger partial charge < -0.3 is 10.1 Å². The molecule has 1 aromatic heterocycles. The molecule has 0 radical (unpaired) electrons. The molecule has 1 heterocycles. The van der Waals surface area contributed by atoms with Crippen LogP contribution in [0.15, 0.2) is 29.8 Å². The zero-order valence-corrected chi connectivity index (χ0v) is 13.3. The van der Waals surface area contributed by atoms with Gasteiger partial charge in [-0.05, 0) is 26.0 Å². The summed E-state index contributed by atoms with van der Waals surface area (Å²) in [5.74, 6) is -0.755. The second-order valence-electron chi connectivity index (χ2n) is 4.18. The summed E-state index contributed by atoms with van der Waals surface area (Å²) in [7, 11) is 0. The summed E-state index contributed by atoms with van der Waals surface area (Å²) in [5.41, 5.74) is 0.420. The first kappa shape index (κ1) is 17.7. The molecule has 0 aliphatic carbocycles. The highest BCUT2D eigenvalue weighted by molar-refractivity contribution is 8.00. The lowest BCUT2D eigenvalue weighted by molar-refractivity contribution is -0.120. The minimum atomic E-state index is -0.558. The number of carbonyl (C=O) groups is 2. The lowest BCUT2D eigenvalue weighted by Crippen LogP contribution is -2.31. The van der Waals surface area contributed by atoms with E-state index in [1.165, 1.54) is 12.1 Å². The number of ether oxygens (including phenoxy) is 1. The van der Waals surface area contributed by atoms with E-state index in [9.17, 15) is 9.59 Å². The van der Waals surface area contributed by atoms with Gasteiger partial charge >= 0.3 is 5.97 Å². The van der Waals surface area contributed by atoms with Gasteiger partial charge in [0.2, 0.25) is 5.91 Å². The molecule has 0 bridgehead atoms. The van der Waals surface area contributed by atoms with Crippen molar-refractivity contribution in [3.8, 4) is 6.07 Å². The minimum Gasteiger partial charge on any atom is -0.461 e. The van der Waals surface area contributed by atoms with Crippen molar-refractivity contribution >= 4 is 23.6 Å². The van der Waals surface area contributed by atoms with Crippen LogP contribution in [0.3, 0.4) is 0 Å². The molecule has 0 spiro atoms. The highest BCUT2D eigenvalue weighted by Gasteiger charge is 2.19. The zero-order chi connectivity index (χ0) is 16.5. The van der Waals surface area contributed by atoms with Crippen LogP contribution in [0.1, 0.15) is 29.9 Å². The average Bonchev–Trinajstić information content (AvgIpc) is 2.52. The maximum atomic E-state index is 11.8. The Hall–Kier alpha value is -2.33. The van der Waals surface area contributed by atoms with Gasteiger partial charge in [-0.2, -0.15) is 5.26 Å². The van der Waals surface area contributed by atoms with E-state index in [4.69, 9.17) is 10.00 Å². The Kier molecular flexibility index (Phi) is 7.13. The molecule has 1 rings (SSSR count). The molecule has 6 nitrogen and oxygen atoms in total. The van der Waals surface area contributed by atoms with Crippen LogP contribution in [0.2, 0.25) is 0 Å². The number of amides is 1. The molecule has 116 valence electrons. The SMILES string of the molecule is C=CCNC(=O)C(C)Sc1nc(C(=O)OCC)ccc1C#N. The molecule has 1 atom stereocenters. The number of nitriles is 1. The third-order valence-electron chi connectivity index (χ3n) is 2.54. The van der Waals surface area contributed by atoms with Crippen molar-refractivity contribution in [3.05, 3.63) is 36.0 Å². The summed E-state index contributed by atoms with van der Waals surface area (Å²) in [6.45, 7) is 7.52. The monoisotopic (exact) mass is 319 g/mol. The van der Waals surface area contributed by atoms with Crippen LogP contribution in [0.25, 0.3) is 0 Å². The van der Waals surface area contributed by atoms with Gasteiger partial charge in [0.15, 0.2) is 0 Å². The zero-order valence-electron chi connectivity index (χ0n) is 12.5. The number of thioether (sulfide) groups is 1. The Morgan fingerprint density at radius 3 is 2.91 bits per heavy atom. The van der Waals surface area contributed by atoms with Gasteiger partial charge in [0.25, 0.3) is 0 Å². The van der Waals surface area contributed by atoms with Gasteiger partial charge in [-0.25, -0.2) is 9.78 Å².